The molecule has 0 saturated carbocycles. The molecule has 3 rings (SSSR count). The van der Waals surface area contributed by atoms with E-state index in [9.17, 15) is 20.1 Å². The van der Waals surface area contributed by atoms with Crippen LogP contribution in [0.1, 0.15) is 12.0 Å². The highest BCUT2D eigenvalue weighted by atomic mass is 16.5. The number of ether oxygens (including phenoxy) is 1. The zero-order valence-electron chi connectivity index (χ0n) is 13.9. The number of amides is 1. The molecule has 0 fully saturated rings. The molecule has 26 heavy (non-hydrogen) atoms. The molecule has 0 radical (unpaired) electrons. The summed E-state index contributed by atoms with van der Waals surface area (Å²) in [7, 11) is 0. The molecule has 3 atom stereocenters. The van der Waals surface area contributed by atoms with Crippen molar-refractivity contribution in [3.05, 3.63) is 66.0 Å². The van der Waals surface area contributed by atoms with Gasteiger partial charge in [-0.2, -0.15) is 0 Å². The van der Waals surface area contributed by atoms with Gasteiger partial charge in [0.25, 0.3) is 5.91 Å². The molecule has 0 spiro atoms. The molecule has 7 nitrogen and oxygen atoms in total. The van der Waals surface area contributed by atoms with Gasteiger partial charge in [-0.15, -0.1) is 0 Å². The third-order valence-electron chi connectivity index (χ3n) is 4.06. The number of carbonyl (C=O) groups excluding carboxylic acids is 1. The maximum absolute atomic E-state index is 12.3. The predicted molar refractivity (Wildman–Crippen MR) is 94.4 cm³/mol. The van der Waals surface area contributed by atoms with Crippen molar-refractivity contribution in [1.82, 2.24) is 4.98 Å². The molecule has 1 heterocycles. The Morgan fingerprint density at radius 3 is 2.81 bits per heavy atom. The molecule has 7 heteroatoms. The van der Waals surface area contributed by atoms with Gasteiger partial charge in [-0.1, -0.05) is 12.1 Å². The first-order valence-electron chi connectivity index (χ1n) is 8.21. The topological polar surface area (TPSA) is 112 Å². The Morgan fingerprint density at radius 2 is 2.08 bits per heavy atom. The predicted octanol–water partition coefficient (Wildman–Crippen LogP) is 1.01. The Kier molecular flexibility index (Phi) is 5.62. The Hall–Kier alpha value is -2.74. The average molecular weight is 356 g/mol. The summed E-state index contributed by atoms with van der Waals surface area (Å²) in [5, 5.41) is 31.6. The van der Waals surface area contributed by atoms with Crippen molar-refractivity contribution >= 4 is 11.6 Å². The molecule has 1 aromatic heterocycles. The highest BCUT2D eigenvalue weighted by molar-refractivity contribution is 6.04. The molecule has 1 aliphatic carbocycles. The van der Waals surface area contributed by atoms with Gasteiger partial charge >= 0.3 is 0 Å². The number of aromatic nitrogens is 1. The van der Waals surface area contributed by atoms with Crippen molar-refractivity contribution in [3.8, 4) is 5.75 Å². The first-order chi connectivity index (χ1) is 12.5. The first-order valence-corrected chi connectivity index (χ1v) is 8.21. The Bertz CT molecular complexity index is 794. The summed E-state index contributed by atoms with van der Waals surface area (Å²) >= 11 is 0. The van der Waals surface area contributed by atoms with E-state index in [2.05, 4.69) is 10.3 Å². The molecule has 0 bridgehead atoms. The standard InChI is InChI=1S/C19H20N2O5/c22-16-7-13(8-17(23)18(16)24)19(25)21-14-4-1-5-15(9-14)26-11-12-3-2-6-20-10-12/h1-7,9-10,16-18,22-24H,8,11H2,(H,21,25)/t16-,17-,18-/m0/s1. The van der Waals surface area contributed by atoms with E-state index in [0.717, 1.165) is 5.56 Å². The number of aliphatic hydroxyl groups is 3. The highest BCUT2D eigenvalue weighted by Crippen LogP contribution is 2.23. The molecule has 1 aromatic carbocycles. The Morgan fingerprint density at radius 1 is 1.23 bits per heavy atom. The summed E-state index contributed by atoms with van der Waals surface area (Å²) in [6.45, 7) is 0.354. The third kappa shape index (κ3) is 4.45. The minimum Gasteiger partial charge on any atom is -0.489 e. The molecule has 4 N–H and O–H groups in total. The molecule has 1 amide bonds. The number of benzene rings is 1. The lowest BCUT2D eigenvalue weighted by Crippen LogP contribution is -2.41. The fourth-order valence-electron chi connectivity index (χ4n) is 2.64. The molecular formula is C19H20N2O5. The summed E-state index contributed by atoms with van der Waals surface area (Å²) in [6, 6.07) is 10.6. The van der Waals surface area contributed by atoms with Crippen molar-refractivity contribution in [2.75, 3.05) is 5.32 Å². The van der Waals surface area contributed by atoms with Gasteiger partial charge in [0.05, 0.1) is 6.10 Å². The number of nitrogens with one attached hydrogen (secondary N) is 1. The van der Waals surface area contributed by atoms with E-state index >= 15 is 0 Å². The quantitative estimate of drug-likeness (QED) is 0.636. The molecule has 0 saturated heterocycles. The van der Waals surface area contributed by atoms with Gasteiger partial charge in [0.1, 0.15) is 24.6 Å². The fraction of sp³-hybridized carbons (Fsp3) is 0.263. The lowest BCUT2D eigenvalue weighted by molar-refractivity contribution is -0.114. The second kappa shape index (κ2) is 8.09. The van der Waals surface area contributed by atoms with Crippen molar-refractivity contribution in [2.24, 2.45) is 0 Å². The van der Waals surface area contributed by atoms with Crippen LogP contribution >= 0.6 is 0 Å². The van der Waals surface area contributed by atoms with Crippen LogP contribution in [0.5, 0.6) is 5.75 Å². The third-order valence-corrected chi connectivity index (χ3v) is 4.06. The summed E-state index contributed by atoms with van der Waals surface area (Å²) in [6.07, 6.45) is 0.907. The molecule has 0 aliphatic heterocycles. The second-order valence-corrected chi connectivity index (χ2v) is 6.08. The lowest BCUT2D eigenvalue weighted by atomic mass is 9.92. The van der Waals surface area contributed by atoms with E-state index in [-0.39, 0.29) is 12.0 Å². The maximum atomic E-state index is 12.3. The molecule has 1 aliphatic rings. The fourth-order valence-corrected chi connectivity index (χ4v) is 2.64. The van der Waals surface area contributed by atoms with Crippen LogP contribution in [-0.2, 0) is 11.4 Å². The van der Waals surface area contributed by atoms with E-state index < -0.39 is 24.2 Å². The van der Waals surface area contributed by atoms with Crippen LogP contribution in [0.3, 0.4) is 0 Å². The van der Waals surface area contributed by atoms with Gasteiger partial charge in [-0.25, -0.2) is 0 Å². The van der Waals surface area contributed by atoms with Crippen LogP contribution in [0.4, 0.5) is 5.69 Å². The second-order valence-electron chi connectivity index (χ2n) is 6.08. The van der Waals surface area contributed by atoms with Crippen LogP contribution in [0, 0.1) is 0 Å². The van der Waals surface area contributed by atoms with Gasteiger partial charge in [0, 0.05) is 41.7 Å². The number of aliphatic hydroxyl groups excluding tert-OH is 3. The van der Waals surface area contributed by atoms with Crippen molar-refractivity contribution in [2.45, 2.75) is 31.3 Å². The van der Waals surface area contributed by atoms with Crippen molar-refractivity contribution in [1.29, 1.82) is 0 Å². The minimum absolute atomic E-state index is 0.0265. The van der Waals surface area contributed by atoms with Gasteiger partial charge in [-0.3, -0.25) is 9.78 Å². The van der Waals surface area contributed by atoms with Gasteiger partial charge in [-0.05, 0) is 24.3 Å². The number of carbonyl (C=O) groups is 1. The minimum atomic E-state index is -1.28. The highest BCUT2D eigenvalue weighted by Gasteiger charge is 2.31. The van der Waals surface area contributed by atoms with Crippen molar-refractivity contribution < 1.29 is 24.9 Å². The van der Waals surface area contributed by atoms with Gasteiger partial charge in [0.15, 0.2) is 0 Å². The van der Waals surface area contributed by atoms with E-state index in [0.29, 0.717) is 18.0 Å². The SMILES string of the molecule is O=C(Nc1cccc(OCc2cccnc2)c1)C1=C[C@H](O)[C@H](O)[C@@H](O)C1. The van der Waals surface area contributed by atoms with E-state index in [1.807, 2.05) is 12.1 Å². The smallest absolute Gasteiger partial charge is 0.251 e. The number of hydrogen-bond acceptors (Lipinski definition) is 6. The number of rotatable bonds is 5. The Balaban J connectivity index is 1.63. The molecule has 136 valence electrons. The zero-order chi connectivity index (χ0) is 18.5. The summed E-state index contributed by atoms with van der Waals surface area (Å²) in [4.78, 5) is 16.3. The maximum Gasteiger partial charge on any atom is 0.251 e. The number of hydrogen-bond donors (Lipinski definition) is 4. The molecular weight excluding hydrogens is 336 g/mol. The van der Waals surface area contributed by atoms with Crippen LogP contribution in [0.15, 0.2) is 60.4 Å². The molecule has 2 aromatic rings. The number of pyridine rings is 1. The molecule has 0 unspecified atom stereocenters. The lowest BCUT2D eigenvalue weighted by Gasteiger charge is -2.27. The summed E-state index contributed by atoms with van der Waals surface area (Å²) in [5.74, 6) is 0.138. The van der Waals surface area contributed by atoms with E-state index in [1.54, 1.807) is 36.7 Å². The average Bonchev–Trinajstić information content (AvgIpc) is 2.65. The first kappa shape index (κ1) is 18.1. The van der Waals surface area contributed by atoms with Crippen LogP contribution < -0.4 is 10.1 Å². The summed E-state index contributed by atoms with van der Waals surface area (Å²) in [5.41, 5.74) is 1.67. The van der Waals surface area contributed by atoms with Crippen LogP contribution in [0.2, 0.25) is 0 Å². The van der Waals surface area contributed by atoms with Gasteiger partial charge < -0.3 is 25.4 Å². The normalized spacial score (nSPS) is 22.4. The van der Waals surface area contributed by atoms with E-state index in [4.69, 9.17) is 4.74 Å². The number of anilines is 1. The number of nitrogens with zero attached hydrogens (tertiary/aromatic N) is 1. The monoisotopic (exact) mass is 356 g/mol. The van der Waals surface area contributed by atoms with E-state index in [1.165, 1.54) is 6.08 Å². The zero-order valence-corrected chi connectivity index (χ0v) is 13.9. The van der Waals surface area contributed by atoms with Crippen LogP contribution in [0.25, 0.3) is 0 Å². The largest absolute Gasteiger partial charge is 0.489 e. The van der Waals surface area contributed by atoms with Crippen molar-refractivity contribution in [3.63, 3.8) is 0 Å². The summed E-state index contributed by atoms with van der Waals surface area (Å²) < 4.78 is 5.69. The van der Waals surface area contributed by atoms with Gasteiger partial charge in [0.2, 0.25) is 0 Å². The Labute approximate surface area is 150 Å². The van der Waals surface area contributed by atoms with Crippen LogP contribution in [-0.4, -0.2) is 44.5 Å².